The van der Waals surface area contributed by atoms with Crippen LogP contribution in [0.2, 0.25) is 5.02 Å². The highest BCUT2D eigenvalue weighted by Crippen LogP contribution is 2.27. The molecule has 0 fully saturated rings. The van der Waals surface area contributed by atoms with Gasteiger partial charge in [-0.1, -0.05) is 11.6 Å². The van der Waals surface area contributed by atoms with Crippen LogP contribution in [-0.2, 0) is 17.1 Å². The number of anilines is 1. The third kappa shape index (κ3) is 2.68. The molecule has 0 atom stereocenters. The maximum atomic E-state index is 12.1. The van der Waals surface area contributed by atoms with Crippen molar-refractivity contribution in [2.24, 2.45) is 7.05 Å². The van der Waals surface area contributed by atoms with Gasteiger partial charge in [-0.05, 0) is 40.2 Å². The van der Waals surface area contributed by atoms with Gasteiger partial charge >= 0.3 is 0 Å². The van der Waals surface area contributed by atoms with E-state index in [1.807, 2.05) is 0 Å². The first-order valence-electron chi connectivity index (χ1n) is 4.86. The third-order valence-corrected chi connectivity index (χ3v) is 4.59. The molecule has 0 amide bonds. The van der Waals surface area contributed by atoms with Crippen LogP contribution < -0.4 is 4.72 Å². The molecule has 96 valence electrons. The second-order valence-corrected chi connectivity index (χ2v) is 6.44. The predicted octanol–water partition coefficient (Wildman–Crippen LogP) is 2.64. The molecule has 0 aliphatic rings. The fraction of sp³-hybridized carbons (Fsp3) is 0.100. The molecular weight excluding hydrogens is 342 g/mol. The highest BCUT2D eigenvalue weighted by molar-refractivity contribution is 9.10. The van der Waals surface area contributed by atoms with Crippen molar-refractivity contribution in [3.8, 4) is 0 Å². The smallest absolute Gasteiger partial charge is 0.277 e. The van der Waals surface area contributed by atoms with Crippen LogP contribution in [0, 0.1) is 0 Å². The molecule has 1 heterocycles. The predicted molar refractivity (Wildman–Crippen MR) is 73.2 cm³/mol. The number of nitrogens with zero attached hydrogens (tertiary/aromatic N) is 2. The van der Waals surface area contributed by atoms with Crippen LogP contribution in [0.3, 0.4) is 0 Å². The Balaban J connectivity index is 2.40. The highest BCUT2D eigenvalue weighted by Gasteiger charge is 2.19. The first-order chi connectivity index (χ1) is 8.40. The number of sulfonamides is 1. The van der Waals surface area contributed by atoms with Crippen molar-refractivity contribution in [2.75, 3.05) is 4.72 Å². The summed E-state index contributed by atoms with van der Waals surface area (Å²) in [5, 5.41) is 4.35. The van der Waals surface area contributed by atoms with Crippen LogP contribution in [0.15, 0.2) is 40.0 Å². The molecule has 2 rings (SSSR count). The molecule has 0 saturated heterocycles. The Morgan fingerprint density at radius 2 is 2.11 bits per heavy atom. The van der Waals surface area contributed by atoms with E-state index in [0.29, 0.717) is 15.2 Å². The summed E-state index contributed by atoms with van der Waals surface area (Å²) in [5.41, 5.74) is 0.378. The fourth-order valence-corrected chi connectivity index (χ4v) is 3.25. The summed E-state index contributed by atoms with van der Waals surface area (Å²) in [6.07, 6.45) is 1.42. The minimum absolute atomic E-state index is 0.0781. The van der Waals surface area contributed by atoms with Crippen molar-refractivity contribution in [2.45, 2.75) is 5.03 Å². The molecule has 1 aromatic carbocycles. The maximum absolute atomic E-state index is 12.1. The Labute approximate surface area is 118 Å². The molecule has 0 aliphatic carbocycles. The maximum Gasteiger partial charge on any atom is 0.279 e. The largest absolute Gasteiger partial charge is 0.279 e. The van der Waals surface area contributed by atoms with E-state index in [4.69, 9.17) is 11.6 Å². The van der Waals surface area contributed by atoms with Gasteiger partial charge in [0.15, 0.2) is 5.03 Å². The molecule has 0 radical (unpaired) electrons. The normalized spacial score (nSPS) is 11.5. The summed E-state index contributed by atoms with van der Waals surface area (Å²) >= 11 is 9.09. The van der Waals surface area contributed by atoms with Crippen LogP contribution in [0.25, 0.3) is 0 Å². The lowest BCUT2D eigenvalue weighted by atomic mass is 10.3. The zero-order chi connectivity index (χ0) is 13.3. The first kappa shape index (κ1) is 13.4. The Hall–Kier alpha value is -1.05. The van der Waals surface area contributed by atoms with Crippen molar-refractivity contribution in [3.05, 3.63) is 40.0 Å². The van der Waals surface area contributed by atoms with E-state index in [2.05, 4.69) is 25.8 Å². The van der Waals surface area contributed by atoms with Gasteiger partial charge in [0.25, 0.3) is 10.0 Å². The van der Waals surface area contributed by atoms with Gasteiger partial charge in [-0.3, -0.25) is 9.40 Å². The van der Waals surface area contributed by atoms with Crippen molar-refractivity contribution in [1.82, 2.24) is 9.78 Å². The number of hydrogen-bond donors (Lipinski definition) is 1. The van der Waals surface area contributed by atoms with Gasteiger partial charge in [0.2, 0.25) is 0 Å². The van der Waals surface area contributed by atoms with Crippen LogP contribution >= 0.6 is 27.5 Å². The van der Waals surface area contributed by atoms with E-state index in [-0.39, 0.29) is 5.03 Å². The average molecular weight is 351 g/mol. The fourth-order valence-electron chi connectivity index (χ4n) is 1.40. The monoisotopic (exact) mass is 349 g/mol. The summed E-state index contributed by atoms with van der Waals surface area (Å²) in [6, 6.07) is 6.28. The molecule has 18 heavy (non-hydrogen) atoms. The number of halogens is 2. The minimum atomic E-state index is -3.68. The topological polar surface area (TPSA) is 64.0 Å². The minimum Gasteiger partial charge on any atom is -0.277 e. The lowest BCUT2D eigenvalue weighted by molar-refractivity contribution is 0.582. The number of benzene rings is 1. The average Bonchev–Trinajstić information content (AvgIpc) is 2.70. The standard InChI is InChI=1S/C10H9BrClN3O2S/c1-15-10(4-5-13-15)18(16,17)14-9-6-7(12)2-3-8(9)11/h2-6,14H,1H3. The molecular formula is C10H9BrClN3O2S. The molecule has 0 aliphatic heterocycles. The molecule has 1 N–H and O–H groups in total. The van der Waals surface area contributed by atoms with Gasteiger partial charge in [-0.25, -0.2) is 0 Å². The Bertz CT molecular complexity index is 684. The molecule has 0 bridgehead atoms. The molecule has 2 aromatic rings. The van der Waals surface area contributed by atoms with E-state index in [1.165, 1.54) is 23.0 Å². The number of nitrogens with one attached hydrogen (secondary N) is 1. The van der Waals surface area contributed by atoms with Gasteiger partial charge in [0.1, 0.15) is 0 Å². The molecule has 5 nitrogen and oxygen atoms in total. The zero-order valence-electron chi connectivity index (χ0n) is 9.26. The SMILES string of the molecule is Cn1nccc1S(=O)(=O)Nc1cc(Cl)ccc1Br. The van der Waals surface area contributed by atoms with E-state index in [9.17, 15) is 8.42 Å². The van der Waals surface area contributed by atoms with Gasteiger partial charge in [-0.2, -0.15) is 13.5 Å². The van der Waals surface area contributed by atoms with Crippen LogP contribution in [0.5, 0.6) is 0 Å². The Morgan fingerprint density at radius 3 is 2.72 bits per heavy atom. The molecule has 8 heteroatoms. The Morgan fingerprint density at radius 1 is 1.39 bits per heavy atom. The molecule has 0 unspecified atom stereocenters. The summed E-state index contributed by atoms with van der Waals surface area (Å²) in [6.45, 7) is 0. The zero-order valence-corrected chi connectivity index (χ0v) is 12.4. The first-order valence-corrected chi connectivity index (χ1v) is 7.51. The second-order valence-electron chi connectivity index (χ2n) is 3.52. The van der Waals surface area contributed by atoms with Crippen LogP contribution in [0.4, 0.5) is 5.69 Å². The second kappa shape index (κ2) is 4.91. The number of aromatic nitrogens is 2. The summed E-state index contributed by atoms with van der Waals surface area (Å²) in [5.74, 6) is 0. The van der Waals surface area contributed by atoms with Crippen molar-refractivity contribution in [1.29, 1.82) is 0 Å². The Kier molecular flexibility index (Phi) is 3.65. The van der Waals surface area contributed by atoms with E-state index < -0.39 is 10.0 Å². The van der Waals surface area contributed by atoms with Gasteiger partial charge in [0.05, 0.1) is 11.9 Å². The number of aryl methyl sites for hydroxylation is 1. The third-order valence-electron chi connectivity index (χ3n) is 2.22. The van der Waals surface area contributed by atoms with Crippen LogP contribution in [0.1, 0.15) is 0 Å². The number of hydrogen-bond acceptors (Lipinski definition) is 3. The van der Waals surface area contributed by atoms with Gasteiger partial charge in [0, 0.05) is 16.5 Å². The summed E-state index contributed by atoms with van der Waals surface area (Å²) in [4.78, 5) is 0. The van der Waals surface area contributed by atoms with Crippen molar-refractivity contribution in [3.63, 3.8) is 0 Å². The highest BCUT2D eigenvalue weighted by atomic mass is 79.9. The lowest BCUT2D eigenvalue weighted by Gasteiger charge is -2.10. The molecule has 1 aromatic heterocycles. The van der Waals surface area contributed by atoms with Gasteiger partial charge < -0.3 is 0 Å². The molecule has 0 spiro atoms. The summed E-state index contributed by atoms with van der Waals surface area (Å²) in [7, 11) is -2.12. The van der Waals surface area contributed by atoms with Gasteiger partial charge in [-0.15, -0.1) is 0 Å². The van der Waals surface area contributed by atoms with Crippen molar-refractivity contribution < 1.29 is 8.42 Å². The molecule has 0 saturated carbocycles. The van der Waals surface area contributed by atoms with Crippen molar-refractivity contribution >= 4 is 43.2 Å². The van der Waals surface area contributed by atoms with E-state index >= 15 is 0 Å². The van der Waals surface area contributed by atoms with E-state index in [0.717, 1.165) is 0 Å². The summed E-state index contributed by atoms with van der Waals surface area (Å²) < 4.78 is 28.6. The van der Waals surface area contributed by atoms with E-state index in [1.54, 1.807) is 19.2 Å². The number of rotatable bonds is 3. The lowest BCUT2D eigenvalue weighted by Crippen LogP contribution is -2.16. The van der Waals surface area contributed by atoms with Crippen LogP contribution in [-0.4, -0.2) is 18.2 Å². The quantitative estimate of drug-likeness (QED) is 0.925.